The number of imidazole rings is 1. The van der Waals surface area contributed by atoms with Crippen LogP contribution in [0.15, 0.2) is 48.8 Å². The van der Waals surface area contributed by atoms with Crippen LogP contribution in [0.25, 0.3) is 33.5 Å². The SMILES string of the molecule is CNC(=O)c1cccc(F)c1-c1nc2cc(-c3cnc(N)nc3)ccc2n1C1CC1(C)C. The minimum absolute atomic E-state index is 0.0598. The molecule has 7 nitrogen and oxygen atoms in total. The number of halogens is 1. The van der Waals surface area contributed by atoms with Crippen molar-refractivity contribution in [2.45, 2.75) is 26.3 Å². The van der Waals surface area contributed by atoms with Gasteiger partial charge in [0.15, 0.2) is 0 Å². The third kappa shape index (κ3) is 3.19. The molecular formula is C24H23FN6O. The lowest BCUT2D eigenvalue weighted by molar-refractivity contribution is 0.0963. The molecule has 8 heteroatoms. The molecule has 5 rings (SSSR count). The molecule has 0 saturated heterocycles. The molecule has 0 radical (unpaired) electrons. The van der Waals surface area contributed by atoms with Gasteiger partial charge in [0.1, 0.15) is 11.6 Å². The molecule has 0 bridgehead atoms. The lowest BCUT2D eigenvalue weighted by atomic mass is 10.0. The summed E-state index contributed by atoms with van der Waals surface area (Å²) in [6.07, 6.45) is 4.26. The van der Waals surface area contributed by atoms with Crippen molar-refractivity contribution in [1.29, 1.82) is 0 Å². The van der Waals surface area contributed by atoms with Gasteiger partial charge in [-0.25, -0.2) is 19.3 Å². The molecule has 1 amide bonds. The van der Waals surface area contributed by atoms with Gasteiger partial charge in [-0.3, -0.25) is 4.79 Å². The number of nitrogens with zero attached hydrogens (tertiary/aromatic N) is 4. The summed E-state index contributed by atoms with van der Waals surface area (Å²) in [6, 6.07) is 10.6. The van der Waals surface area contributed by atoms with Gasteiger partial charge in [-0.2, -0.15) is 0 Å². The van der Waals surface area contributed by atoms with Crippen molar-refractivity contribution < 1.29 is 9.18 Å². The fraction of sp³-hybridized carbons (Fsp3) is 0.250. The van der Waals surface area contributed by atoms with Gasteiger partial charge in [-0.05, 0) is 41.7 Å². The summed E-state index contributed by atoms with van der Waals surface area (Å²) >= 11 is 0. The minimum Gasteiger partial charge on any atom is -0.368 e. The number of carbonyl (C=O) groups excluding carboxylic acids is 1. The number of rotatable bonds is 4. The number of amides is 1. The largest absolute Gasteiger partial charge is 0.368 e. The second-order valence-electron chi connectivity index (χ2n) is 8.79. The quantitative estimate of drug-likeness (QED) is 0.505. The second kappa shape index (κ2) is 7.12. The van der Waals surface area contributed by atoms with Gasteiger partial charge in [-0.1, -0.05) is 26.0 Å². The Morgan fingerprint density at radius 2 is 1.91 bits per heavy atom. The molecule has 0 aliphatic heterocycles. The second-order valence-corrected chi connectivity index (χ2v) is 8.79. The van der Waals surface area contributed by atoms with Crippen molar-refractivity contribution in [1.82, 2.24) is 24.8 Å². The smallest absolute Gasteiger partial charge is 0.251 e. The topological polar surface area (TPSA) is 98.7 Å². The number of aromatic nitrogens is 4. The van der Waals surface area contributed by atoms with E-state index in [1.165, 1.54) is 19.2 Å². The third-order valence-electron chi connectivity index (χ3n) is 6.18. The number of nitrogens with one attached hydrogen (secondary N) is 1. The summed E-state index contributed by atoms with van der Waals surface area (Å²) in [4.78, 5) is 25.5. The first-order valence-electron chi connectivity index (χ1n) is 10.4. The van der Waals surface area contributed by atoms with E-state index in [2.05, 4.69) is 33.7 Å². The number of carbonyl (C=O) groups is 1. The third-order valence-corrected chi connectivity index (χ3v) is 6.18. The molecule has 4 aromatic rings. The highest BCUT2D eigenvalue weighted by Gasteiger charge is 2.49. The van der Waals surface area contributed by atoms with E-state index < -0.39 is 5.82 Å². The zero-order chi connectivity index (χ0) is 22.6. The first kappa shape index (κ1) is 20.1. The summed E-state index contributed by atoms with van der Waals surface area (Å²) < 4.78 is 17.2. The van der Waals surface area contributed by atoms with Gasteiger partial charge in [-0.15, -0.1) is 0 Å². The molecular weight excluding hydrogens is 407 g/mol. The minimum atomic E-state index is -0.478. The average Bonchev–Trinajstić information content (AvgIpc) is 3.24. The van der Waals surface area contributed by atoms with Crippen LogP contribution in [0.5, 0.6) is 0 Å². The number of fused-ring (bicyclic) bond motifs is 1. The van der Waals surface area contributed by atoms with Crippen LogP contribution in [0.3, 0.4) is 0 Å². The van der Waals surface area contributed by atoms with Crippen LogP contribution in [-0.2, 0) is 0 Å². The molecule has 1 fully saturated rings. The monoisotopic (exact) mass is 430 g/mol. The molecule has 1 aliphatic carbocycles. The zero-order valence-corrected chi connectivity index (χ0v) is 18.1. The molecule has 1 saturated carbocycles. The van der Waals surface area contributed by atoms with Crippen molar-refractivity contribution in [3.63, 3.8) is 0 Å². The Morgan fingerprint density at radius 1 is 1.19 bits per heavy atom. The molecule has 1 unspecified atom stereocenters. The lowest BCUT2D eigenvalue weighted by Gasteiger charge is -2.14. The number of hydrogen-bond acceptors (Lipinski definition) is 5. The first-order chi connectivity index (χ1) is 15.3. The van der Waals surface area contributed by atoms with E-state index in [0.717, 1.165) is 23.1 Å². The van der Waals surface area contributed by atoms with Crippen LogP contribution < -0.4 is 11.1 Å². The van der Waals surface area contributed by atoms with Gasteiger partial charge in [0.25, 0.3) is 5.91 Å². The Hall–Kier alpha value is -3.81. The highest BCUT2D eigenvalue weighted by molar-refractivity contribution is 6.01. The van der Waals surface area contributed by atoms with Crippen LogP contribution >= 0.6 is 0 Å². The molecule has 162 valence electrons. The predicted molar refractivity (Wildman–Crippen MR) is 121 cm³/mol. The maximum atomic E-state index is 15.1. The summed E-state index contributed by atoms with van der Waals surface area (Å²) in [5.74, 6) is -0.169. The maximum Gasteiger partial charge on any atom is 0.251 e. The number of benzene rings is 2. The Kier molecular flexibility index (Phi) is 4.47. The van der Waals surface area contributed by atoms with E-state index in [1.54, 1.807) is 18.5 Å². The normalized spacial score (nSPS) is 16.8. The van der Waals surface area contributed by atoms with Crippen molar-refractivity contribution in [3.05, 3.63) is 60.2 Å². The van der Waals surface area contributed by atoms with Crippen molar-refractivity contribution >= 4 is 22.9 Å². The van der Waals surface area contributed by atoms with Gasteiger partial charge in [0, 0.05) is 31.0 Å². The molecule has 2 aromatic heterocycles. The van der Waals surface area contributed by atoms with Crippen molar-refractivity contribution in [3.8, 4) is 22.5 Å². The van der Waals surface area contributed by atoms with E-state index >= 15 is 4.39 Å². The van der Waals surface area contributed by atoms with E-state index in [9.17, 15) is 4.79 Å². The van der Waals surface area contributed by atoms with Gasteiger partial charge in [0.2, 0.25) is 5.95 Å². The standard InChI is InChI=1S/C24H23FN6O/c1-24(2)10-19(24)31-18-8-7-13(14-11-28-23(26)29-12-14)9-17(18)30-21(31)20-15(22(32)27-3)5-4-6-16(20)25/h4-9,11-12,19H,10H2,1-3H3,(H,27,32)(H2,26,28,29). The van der Waals surface area contributed by atoms with Gasteiger partial charge >= 0.3 is 0 Å². The molecule has 3 N–H and O–H groups in total. The van der Waals surface area contributed by atoms with E-state index in [0.29, 0.717) is 11.3 Å². The summed E-state index contributed by atoms with van der Waals surface area (Å²) in [5.41, 5.74) is 9.42. The molecule has 2 aromatic carbocycles. The summed E-state index contributed by atoms with van der Waals surface area (Å²) in [7, 11) is 1.53. The Labute approximate surface area is 184 Å². The van der Waals surface area contributed by atoms with Gasteiger partial charge < -0.3 is 15.6 Å². The molecule has 2 heterocycles. The van der Waals surface area contributed by atoms with Crippen LogP contribution in [0.4, 0.5) is 10.3 Å². The van der Waals surface area contributed by atoms with E-state index in [4.69, 9.17) is 10.7 Å². The summed E-state index contributed by atoms with van der Waals surface area (Å²) in [5, 5.41) is 2.60. The number of nitrogens with two attached hydrogens (primary N) is 1. The Bertz CT molecular complexity index is 1360. The van der Waals surface area contributed by atoms with Crippen molar-refractivity contribution in [2.24, 2.45) is 5.41 Å². The van der Waals surface area contributed by atoms with Crippen LogP contribution in [0.2, 0.25) is 0 Å². The van der Waals surface area contributed by atoms with E-state index in [-0.39, 0.29) is 34.4 Å². The molecule has 1 aliphatic rings. The van der Waals surface area contributed by atoms with E-state index in [1.807, 2.05) is 18.2 Å². The number of anilines is 1. The van der Waals surface area contributed by atoms with Crippen LogP contribution in [0, 0.1) is 11.2 Å². The van der Waals surface area contributed by atoms with Crippen molar-refractivity contribution in [2.75, 3.05) is 12.8 Å². The fourth-order valence-electron chi connectivity index (χ4n) is 4.21. The highest BCUT2D eigenvalue weighted by atomic mass is 19.1. The molecule has 32 heavy (non-hydrogen) atoms. The molecule has 0 spiro atoms. The Morgan fingerprint density at radius 3 is 2.56 bits per heavy atom. The van der Waals surface area contributed by atoms with Gasteiger partial charge in [0.05, 0.1) is 22.2 Å². The maximum absolute atomic E-state index is 15.1. The summed E-state index contributed by atoms with van der Waals surface area (Å²) in [6.45, 7) is 4.35. The Balaban J connectivity index is 1.75. The lowest BCUT2D eigenvalue weighted by Crippen LogP contribution is -2.20. The first-order valence-corrected chi connectivity index (χ1v) is 10.4. The highest BCUT2D eigenvalue weighted by Crippen LogP contribution is 2.57. The number of nitrogen functional groups attached to an aromatic ring is 1. The van der Waals surface area contributed by atoms with Crippen LogP contribution in [0.1, 0.15) is 36.7 Å². The average molecular weight is 430 g/mol. The number of hydrogen-bond donors (Lipinski definition) is 2. The molecule has 1 atom stereocenters. The fourth-order valence-corrected chi connectivity index (χ4v) is 4.21. The van der Waals surface area contributed by atoms with Crippen LogP contribution in [-0.4, -0.2) is 32.5 Å². The zero-order valence-electron chi connectivity index (χ0n) is 18.1. The predicted octanol–water partition coefficient (Wildman–Crippen LogP) is 4.21.